The summed E-state index contributed by atoms with van der Waals surface area (Å²) in [5.41, 5.74) is 4.76. The van der Waals surface area contributed by atoms with Crippen LogP contribution in [0, 0.1) is 0 Å². The minimum atomic E-state index is -0.407. The zero-order valence-corrected chi connectivity index (χ0v) is 20.4. The molecule has 8 heteroatoms. The van der Waals surface area contributed by atoms with Gasteiger partial charge in [0.2, 0.25) is 11.5 Å². The van der Waals surface area contributed by atoms with Gasteiger partial charge in [0.25, 0.3) is 0 Å². The first-order chi connectivity index (χ1) is 16.4. The Bertz CT molecular complexity index is 1190. The van der Waals surface area contributed by atoms with Crippen LogP contribution in [0.15, 0.2) is 29.8 Å². The highest BCUT2D eigenvalue weighted by molar-refractivity contribution is 6.31. The van der Waals surface area contributed by atoms with Crippen LogP contribution in [0.25, 0.3) is 5.57 Å². The Kier molecular flexibility index (Phi) is 6.41. The van der Waals surface area contributed by atoms with Crippen molar-refractivity contribution in [3.63, 3.8) is 0 Å². The molecule has 0 spiro atoms. The van der Waals surface area contributed by atoms with Gasteiger partial charge < -0.3 is 28.8 Å². The number of phenols is 1. The number of aromatic hydroxyl groups is 1. The molecule has 0 saturated heterocycles. The first-order valence-corrected chi connectivity index (χ1v) is 11.2. The van der Waals surface area contributed by atoms with E-state index in [0.717, 1.165) is 35.4 Å². The van der Waals surface area contributed by atoms with Gasteiger partial charge >= 0.3 is 5.97 Å². The lowest BCUT2D eigenvalue weighted by molar-refractivity contribution is -0.544. The van der Waals surface area contributed by atoms with Crippen molar-refractivity contribution in [3.8, 4) is 28.7 Å². The molecule has 0 bridgehead atoms. The third kappa shape index (κ3) is 3.63. The van der Waals surface area contributed by atoms with Gasteiger partial charge in [-0.25, -0.2) is 9.37 Å². The summed E-state index contributed by atoms with van der Waals surface area (Å²) in [4.78, 5) is 13.4. The van der Waals surface area contributed by atoms with Gasteiger partial charge in [-0.1, -0.05) is 0 Å². The predicted molar refractivity (Wildman–Crippen MR) is 127 cm³/mol. The van der Waals surface area contributed by atoms with E-state index in [2.05, 4.69) is 11.5 Å². The molecule has 0 radical (unpaired) electrons. The summed E-state index contributed by atoms with van der Waals surface area (Å²) in [6.45, 7) is 4.81. The molecule has 34 heavy (non-hydrogen) atoms. The van der Waals surface area contributed by atoms with Gasteiger partial charge in [0.05, 0.1) is 40.6 Å². The van der Waals surface area contributed by atoms with E-state index in [9.17, 15) is 9.90 Å². The molecule has 1 atom stereocenters. The maximum atomic E-state index is 13.4. The number of phenolic OH excluding ortho intramolecular Hbond substituents is 1. The monoisotopic (exact) mass is 468 g/mol. The number of methoxy groups -OCH3 is 4. The topological polar surface area (TPSA) is 86.5 Å². The Morgan fingerprint density at radius 1 is 0.971 bits per heavy atom. The summed E-state index contributed by atoms with van der Waals surface area (Å²) in [6, 6.07) is 7.20. The fraction of sp³-hybridized carbons (Fsp3) is 0.385. The van der Waals surface area contributed by atoms with Crippen molar-refractivity contribution in [2.24, 2.45) is 0 Å². The molecule has 0 amide bonds. The SMILES string of the molecule is CCOC(=O)C1=C(c2cc(OC)c(O)c(OC)c2)C(C)[N+]2=C1c1cc(OC)c(OC)cc1CC2. The van der Waals surface area contributed by atoms with E-state index in [1.54, 1.807) is 33.3 Å². The van der Waals surface area contributed by atoms with Gasteiger partial charge in [0.1, 0.15) is 12.1 Å². The lowest BCUT2D eigenvalue weighted by Crippen LogP contribution is -2.33. The minimum Gasteiger partial charge on any atom is -0.502 e. The zero-order valence-electron chi connectivity index (χ0n) is 20.4. The minimum absolute atomic E-state index is 0.0924. The Morgan fingerprint density at radius 2 is 1.56 bits per heavy atom. The number of rotatable bonds is 7. The predicted octanol–water partition coefficient (Wildman–Crippen LogP) is 3.20. The number of carbonyl (C=O) groups is 1. The van der Waals surface area contributed by atoms with Crippen LogP contribution in [-0.4, -0.2) is 69.0 Å². The summed E-state index contributed by atoms with van der Waals surface area (Å²) in [7, 11) is 6.16. The van der Waals surface area contributed by atoms with Crippen LogP contribution >= 0.6 is 0 Å². The van der Waals surface area contributed by atoms with Crippen LogP contribution in [0.2, 0.25) is 0 Å². The molecule has 0 aromatic heterocycles. The molecule has 2 heterocycles. The van der Waals surface area contributed by atoms with Gasteiger partial charge in [-0.3, -0.25) is 0 Å². The highest BCUT2D eigenvalue weighted by atomic mass is 16.5. The molecule has 2 aliphatic rings. The largest absolute Gasteiger partial charge is 0.502 e. The number of nitrogens with zero attached hydrogens (tertiary/aromatic N) is 1. The molecule has 2 aliphatic heterocycles. The number of hydrogen-bond donors (Lipinski definition) is 1. The number of benzene rings is 2. The molecule has 2 aromatic carbocycles. The lowest BCUT2D eigenvalue weighted by Gasteiger charge is -2.19. The molecule has 180 valence electrons. The van der Waals surface area contributed by atoms with Gasteiger partial charge in [0.15, 0.2) is 29.0 Å². The Labute approximate surface area is 199 Å². The molecule has 8 nitrogen and oxygen atoms in total. The van der Waals surface area contributed by atoms with Crippen molar-refractivity contribution in [1.82, 2.24) is 0 Å². The van der Waals surface area contributed by atoms with Crippen molar-refractivity contribution in [2.75, 3.05) is 41.6 Å². The number of ether oxygens (including phenoxy) is 5. The second kappa shape index (κ2) is 9.29. The van der Waals surface area contributed by atoms with Crippen molar-refractivity contribution in [3.05, 3.63) is 46.5 Å². The van der Waals surface area contributed by atoms with Gasteiger partial charge in [-0.2, -0.15) is 0 Å². The van der Waals surface area contributed by atoms with Crippen molar-refractivity contribution in [1.29, 1.82) is 0 Å². The van der Waals surface area contributed by atoms with Crippen LogP contribution in [0.1, 0.15) is 30.5 Å². The average Bonchev–Trinajstić information content (AvgIpc) is 3.16. The van der Waals surface area contributed by atoms with Crippen LogP contribution in [0.4, 0.5) is 0 Å². The number of esters is 1. The van der Waals surface area contributed by atoms with E-state index in [0.29, 0.717) is 22.6 Å². The molecule has 1 N–H and O–H groups in total. The normalized spacial score (nSPS) is 16.7. The summed E-state index contributed by atoms with van der Waals surface area (Å²) >= 11 is 0. The summed E-state index contributed by atoms with van der Waals surface area (Å²) in [5, 5.41) is 10.4. The van der Waals surface area contributed by atoms with Crippen LogP contribution < -0.4 is 18.9 Å². The van der Waals surface area contributed by atoms with Gasteiger partial charge in [-0.05, 0) is 42.3 Å². The summed E-state index contributed by atoms with van der Waals surface area (Å²) in [5.74, 6) is 1.27. The molecule has 4 rings (SSSR count). The van der Waals surface area contributed by atoms with E-state index in [4.69, 9.17) is 23.7 Å². The number of carbonyl (C=O) groups excluding carboxylic acids is 1. The molecule has 0 saturated carbocycles. The van der Waals surface area contributed by atoms with Gasteiger partial charge in [0, 0.05) is 18.9 Å². The van der Waals surface area contributed by atoms with Gasteiger partial charge in [-0.15, -0.1) is 0 Å². The van der Waals surface area contributed by atoms with E-state index < -0.39 is 5.97 Å². The van der Waals surface area contributed by atoms with Crippen LogP contribution in [0.3, 0.4) is 0 Å². The summed E-state index contributed by atoms with van der Waals surface area (Å²) < 4.78 is 29.5. The fourth-order valence-electron chi connectivity index (χ4n) is 4.86. The quantitative estimate of drug-likeness (QED) is 0.493. The Morgan fingerprint density at radius 3 is 2.12 bits per heavy atom. The standard InChI is InChI=1S/C26H29NO7/c1-7-34-26(29)23-22(16-11-20(32-5)25(28)21(12-16)33-6)14(2)27-9-8-15-10-18(30-3)19(31-4)13-17(15)24(23)27/h10-14H,7-9H2,1-6H3/p+1. The average molecular weight is 469 g/mol. The number of fused-ring (bicyclic) bond motifs is 2. The third-order valence-electron chi connectivity index (χ3n) is 6.44. The molecule has 0 aliphatic carbocycles. The first kappa shape index (κ1) is 23.5. The van der Waals surface area contributed by atoms with Crippen molar-refractivity contribution < 1.29 is 38.2 Å². The van der Waals surface area contributed by atoms with E-state index >= 15 is 0 Å². The molecule has 2 aromatic rings. The maximum absolute atomic E-state index is 13.4. The van der Waals surface area contributed by atoms with E-state index in [-0.39, 0.29) is 29.9 Å². The second-order valence-electron chi connectivity index (χ2n) is 8.07. The number of hydrogen-bond acceptors (Lipinski definition) is 7. The Balaban J connectivity index is 2.00. The van der Waals surface area contributed by atoms with Crippen molar-refractivity contribution in [2.45, 2.75) is 26.3 Å². The zero-order chi connectivity index (χ0) is 24.6. The highest BCUT2D eigenvalue weighted by Gasteiger charge is 2.46. The smallest absolute Gasteiger partial charge is 0.345 e. The molecule has 0 fully saturated rings. The van der Waals surface area contributed by atoms with E-state index in [1.165, 1.54) is 14.2 Å². The lowest BCUT2D eigenvalue weighted by atomic mass is 9.90. The van der Waals surface area contributed by atoms with Crippen LogP contribution in [-0.2, 0) is 16.0 Å². The fourth-order valence-corrected chi connectivity index (χ4v) is 4.86. The Hall–Kier alpha value is -3.68. The third-order valence-corrected chi connectivity index (χ3v) is 6.44. The van der Waals surface area contributed by atoms with Crippen LogP contribution in [0.5, 0.6) is 28.7 Å². The second-order valence-corrected chi connectivity index (χ2v) is 8.07. The first-order valence-electron chi connectivity index (χ1n) is 11.2. The maximum Gasteiger partial charge on any atom is 0.345 e. The molecule has 1 unspecified atom stereocenters. The molecular formula is C26H30NO7+. The van der Waals surface area contributed by atoms with Crippen molar-refractivity contribution >= 4 is 17.3 Å². The highest BCUT2D eigenvalue weighted by Crippen LogP contribution is 2.44. The molecular weight excluding hydrogens is 438 g/mol. The van der Waals surface area contributed by atoms with E-state index in [1.807, 2.05) is 12.1 Å². The summed E-state index contributed by atoms with van der Waals surface area (Å²) in [6.07, 6.45) is 0.787.